The first kappa shape index (κ1) is 16.5. The molecule has 23 heavy (non-hydrogen) atoms. The van der Waals surface area contributed by atoms with Crippen molar-refractivity contribution in [1.29, 1.82) is 0 Å². The van der Waals surface area contributed by atoms with E-state index in [0.29, 0.717) is 30.7 Å². The van der Waals surface area contributed by atoms with Gasteiger partial charge in [0.05, 0.1) is 0 Å². The number of halogens is 1. The second-order valence-electron chi connectivity index (χ2n) is 6.03. The predicted octanol–water partition coefficient (Wildman–Crippen LogP) is 1.83. The summed E-state index contributed by atoms with van der Waals surface area (Å²) < 4.78 is 5.50. The minimum absolute atomic E-state index is 0.134. The molecule has 0 N–H and O–H groups in total. The zero-order chi connectivity index (χ0) is 16.4. The van der Waals surface area contributed by atoms with E-state index in [1.54, 1.807) is 0 Å². The van der Waals surface area contributed by atoms with Crippen LogP contribution in [0.15, 0.2) is 0 Å². The number of ether oxygens (including phenoxy) is 1. The van der Waals surface area contributed by atoms with Gasteiger partial charge < -0.3 is 14.5 Å². The normalized spacial score (nSPS) is 21.8. The highest BCUT2D eigenvalue weighted by Crippen LogP contribution is 2.26. The van der Waals surface area contributed by atoms with Gasteiger partial charge in [0.15, 0.2) is 0 Å². The largest absolute Gasteiger partial charge is 0.368 e. The molecule has 126 valence electrons. The molecule has 0 aromatic carbocycles. The fourth-order valence-corrected chi connectivity index (χ4v) is 3.57. The lowest BCUT2D eigenvalue weighted by Crippen LogP contribution is -2.51. The van der Waals surface area contributed by atoms with E-state index in [1.165, 1.54) is 0 Å². The van der Waals surface area contributed by atoms with Gasteiger partial charge in [-0.3, -0.25) is 4.79 Å². The van der Waals surface area contributed by atoms with Crippen molar-refractivity contribution in [2.45, 2.75) is 39.2 Å². The van der Waals surface area contributed by atoms with Crippen LogP contribution in [-0.4, -0.2) is 59.7 Å². The maximum Gasteiger partial charge on any atom is 0.251 e. The van der Waals surface area contributed by atoms with Crippen LogP contribution in [0.2, 0.25) is 5.15 Å². The summed E-state index contributed by atoms with van der Waals surface area (Å²) in [6.07, 6.45) is 2.39. The lowest BCUT2D eigenvalue weighted by molar-refractivity contribution is -0.141. The van der Waals surface area contributed by atoms with Gasteiger partial charge >= 0.3 is 0 Å². The maximum absolute atomic E-state index is 12.4. The maximum atomic E-state index is 12.4. The summed E-state index contributed by atoms with van der Waals surface area (Å²) in [6, 6.07) is 0. The molecule has 2 saturated heterocycles. The van der Waals surface area contributed by atoms with Crippen molar-refractivity contribution in [1.82, 2.24) is 14.9 Å². The summed E-state index contributed by atoms with van der Waals surface area (Å²) in [6.45, 7) is 7.53. The molecule has 7 heteroatoms. The highest BCUT2D eigenvalue weighted by molar-refractivity contribution is 6.30. The van der Waals surface area contributed by atoms with Crippen LogP contribution < -0.4 is 4.90 Å². The lowest BCUT2D eigenvalue weighted by atomic mass is 10.2. The molecular weight excluding hydrogens is 316 g/mol. The van der Waals surface area contributed by atoms with Crippen LogP contribution in [0.25, 0.3) is 0 Å². The Morgan fingerprint density at radius 3 is 2.65 bits per heavy atom. The number of carbonyl (C=O) groups is 1. The Morgan fingerprint density at radius 1 is 1.30 bits per heavy atom. The number of rotatable bonds is 3. The monoisotopic (exact) mass is 338 g/mol. The number of anilines is 1. The summed E-state index contributed by atoms with van der Waals surface area (Å²) in [4.78, 5) is 25.3. The van der Waals surface area contributed by atoms with E-state index < -0.39 is 0 Å². The molecular formula is C16H23ClN4O2. The van der Waals surface area contributed by atoms with Gasteiger partial charge in [-0.25, -0.2) is 9.97 Å². The van der Waals surface area contributed by atoms with Gasteiger partial charge in [0.2, 0.25) is 0 Å². The average Bonchev–Trinajstić information content (AvgIpc) is 3.08. The van der Waals surface area contributed by atoms with Crippen molar-refractivity contribution >= 4 is 23.3 Å². The van der Waals surface area contributed by atoms with Crippen LogP contribution in [0.5, 0.6) is 0 Å². The van der Waals surface area contributed by atoms with Crippen molar-refractivity contribution in [2.75, 3.05) is 37.7 Å². The molecule has 1 atom stereocenters. The molecule has 0 bridgehead atoms. The van der Waals surface area contributed by atoms with E-state index in [-0.39, 0.29) is 12.0 Å². The number of hydrogen-bond acceptors (Lipinski definition) is 5. The Hall–Kier alpha value is -1.40. The molecule has 1 amide bonds. The van der Waals surface area contributed by atoms with E-state index in [0.717, 1.165) is 43.7 Å². The number of hydrogen-bond donors (Lipinski definition) is 0. The SMILES string of the molecule is CCc1c(Cl)nc(C)nc1N1CCN(C(=O)C2CCCO2)CC1. The molecule has 0 aliphatic carbocycles. The van der Waals surface area contributed by atoms with Gasteiger partial charge in [0, 0.05) is 38.3 Å². The summed E-state index contributed by atoms with van der Waals surface area (Å²) in [5.74, 6) is 1.73. The van der Waals surface area contributed by atoms with E-state index in [9.17, 15) is 4.79 Å². The minimum Gasteiger partial charge on any atom is -0.368 e. The van der Waals surface area contributed by atoms with E-state index in [2.05, 4.69) is 21.8 Å². The molecule has 1 aromatic rings. The number of carbonyl (C=O) groups excluding carboxylic acids is 1. The molecule has 1 aromatic heterocycles. The van der Waals surface area contributed by atoms with Crippen LogP contribution in [0, 0.1) is 6.92 Å². The average molecular weight is 339 g/mol. The van der Waals surface area contributed by atoms with Gasteiger partial charge in [0.1, 0.15) is 22.9 Å². The third kappa shape index (κ3) is 3.43. The second kappa shape index (κ2) is 7.01. The Morgan fingerprint density at radius 2 is 2.04 bits per heavy atom. The van der Waals surface area contributed by atoms with Gasteiger partial charge in [-0.1, -0.05) is 18.5 Å². The van der Waals surface area contributed by atoms with Crippen molar-refractivity contribution in [2.24, 2.45) is 0 Å². The number of aryl methyl sites for hydroxylation is 1. The standard InChI is InChI=1S/C16H23ClN4O2/c1-3-12-14(17)18-11(2)19-15(12)20-6-8-21(9-7-20)16(22)13-5-4-10-23-13/h13H,3-10H2,1-2H3. The van der Waals surface area contributed by atoms with Crippen molar-refractivity contribution < 1.29 is 9.53 Å². The Labute approximate surface area is 141 Å². The molecule has 1 unspecified atom stereocenters. The number of piperazine rings is 1. The molecule has 2 aliphatic rings. The molecule has 2 fully saturated rings. The van der Waals surface area contributed by atoms with Crippen LogP contribution >= 0.6 is 11.6 Å². The number of nitrogens with zero attached hydrogens (tertiary/aromatic N) is 4. The third-order valence-corrected chi connectivity index (χ3v) is 4.81. The predicted molar refractivity (Wildman–Crippen MR) is 88.9 cm³/mol. The van der Waals surface area contributed by atoms with Crippen LogP contribution in [0.4, 0.5) is 5.82 Å². The lowest BCUT2D eigenvalue weighted by Gasteiger charge is -2.37. The smallest absolute Gasteiger partial charge is 0.251 e. The van der Waals surface area contributed by atoms with Gasteiger partial charge in [-0.2, -0.15) is 0 Å². The van der Waals surface area contributed by atoms with E-state index >= 15 is 0 Å². The molecule has 0 saturated carbocycles. The molecule has 6 nitrogen and oxygen atoms in total. The molecule has 2 aliphatic heterocycles. The zero-order valence-corrected chi connectivity index (χ0v) is 14.5. The Balaban J connectivity index is 1.68. The van der Waals surface area contributed by atoms with E-state index in [4.69, 9.17) is 16.3 Å². The highest BCUT2D eigenvalue weighted by atomic mass is 35.5. The van der Waals surface area contributed by atoms with Gasteiger partial charge in [0.25, 0.3) is 5.91 Å². The summed E-state index contributed by atoms with van der Waals surface area (Å²) in [5, 5.41) is 0.535. The third-order valence-electron chi connectivity index (χ3n) is 4.50. The molecule has 0 radical (unpaired) electrons. The van der Waals surface area contributed by atoms with Crippen molar-refractivity contribution in [3.63, 3.8) is 0 Å². The highest BCUT2D eigenvalue weighted by Gasteiger charge is 2.31. The van der Waals surface area contributed by atoms with Crippen LogP contribution in [0.1, 0.15) is 31.2 Å². The van der Waals surface area contributed by atoms with Crippen molar-refractivity contribution in [3.05, 3.63) is 16.5 Å². The second-order valence-corrected chi connectivity index (χ2v) is 6.39. The van der Waals surface area contributed by atoms with Crippen molar-refractivity contribution in [3.8, 4) is 0 Å². The first-order valence-electron chi connectivity index (χ1n) is 8.28. The Kier molecular flexibility index (Phi) is 5.02. The molecule has 3 heterocycles. The van der Waals surface area contributed by atoms with Gasteiger partial charge in [-0.05, 0) is 26.2 Å². The summed E-state index contributed by atoms with van der Waals surface area (Å²) in [7, 11) is 0. The molecule has 3 rings (SSSR count). The van der Waals surface area contributed by atoms with Crippen LogP contribution in [0.3, 0.4) is 0 Å². The van der Waals surface area contributed by atoms with E-state index in [1.807, 2.05) is 11.8 Å². The quantitative estimate of drug-likeness (QED) is 0.787. The minimum atomic E-state index is -0.233. The first-order valence-corrected chi connectivity index (χ1v) is 8.66. The molecule has 0 spiro atoms. The number of aromatic nitrogens is 2. The topological polar surface area (TPSA) is 58.6 Å². The fourth-order valence-electron chi connectivity index (χ4n) is 3.23. The Bertz CT molecular complexity index is 582. The zero-order valence-electron chi connectivity index (χ0n) is 13.7. The first-order chi connectivity index (χ1) is 11.1. The number of amides is 1. The van der Waals surface area contributed by atoms with Gasteiger partial charge in [-0.15, -0.1) is 0 Å². The van der Waals surface area contributed by atoms with Crippen LogP contribution in [-0.2, 0) is 16.0 Å². The fraction of sp³-hybridized carbons (Fsp3) is 0.688. The summed E-state index contributed by atoms with van der Waals surface area (Å²) in [5.41, 5.74) is 0.983. The summed E-state index contributed by atoms with van der Waals surface area (Å²) >= 11 is 6.26.